The Kier molecular flexibility index (Phi) is 7.21. The van der Waals surface area contributed by atoms with Crippen LogP contribution in [0.15, 0.2) is 30.6 Å². The molecule has 28 heavy (non-hydrogen) atoms. The number of allylic oxidation sites excluding steroid dienone is 3. The third-order valence-corrected chi connectivity index (χ3v) is 5.13. The lowest BCUT2D eigenvalue weighted by Crippen LogP contribution is -2.10. The molecule has 0 aromatic carbocycles. The Morgan fingerprint density at radius 2 is 1.86 bits per heavy atom. The topological polar surface area (TPSA) is 56.3 Å². The van der Waals surface area contributed by atoms with Gasteiger partial charge in [-0.05, 0) is 56.4 Å². The fourth-order valence-corrected chi connectivity index (χ4v) is 3.25. The number of anilines is 1. The highest BCUT2D eigenvalue weighted by Gasteiger charge is 2.17. The van der Waals surface area contributed by atoms with E-state index in [0.717, 1.165) is 34.6 Å². The Morgan fingerprint density at radius 3 is 2.43 bits per heavy atom. The number of nitrogens with zero attached hydrogens (tertiary/aromatic N) is 2. The van der Waals surface area contributed by atoms with Crippen molar-refractivity contribution in [3.63, 3.8) is 0 Å². The second-order valence-electron chi connectivity index (χ2n) is 6.91. The lowest BCUT2D eigenvalue weighted by molar-refractivity contribution is 0.350. The standard InChI is InChI=1S/C23H31N3O2/c1-9-15(4)16(5)21-17(6)18(14(2)3)12-25-23(21)26-13-19-22(28-8)20(27-7)10-11-24-19/h10-12H,2,9,13H2,1,3-8H3,(H,25,26). The number of ether oxygens (including phenoxy) is 2. The van der Waals surface area contributed by atoms with E-state index in [9.17, 15) is 0 Å². The first-order chi connectivity index (χ1) is 13.3. The molecule has 150 valence electrons. The summed E-state index contributed by atoms with van der Waals surface area (Å²) in [7, 11) is 3.24. The minimum atomic E-state index is 0.477. The first kappa shape index (κ1) is 21.5. The van der Waals surface area contributed by atoms with Crippen LogP contribution in [0.3, 0.4) is 0 Å². The molecule has 0 saturated heterocycles. The molecule has 0 saturated carbocycles. The number of methoxy groups -OCH3 is 2. The van der Waals surface area contributed by atoms with Crippen LogP contribution < -0.4 is 14.8 Å². The van der Waals surface area contributed by atoms with Gasteiger partial charge in [0.2, 0.25) is 0 Å². The van der Waals surface area contributed by atoms with Crippen LogP contribution >= 0.6 is 0 Å². The van der Waals surface area contributed by atoms with Crippen molar-refractivity contribution in [2.24, 2.45) is 0 Å². The third kappa shape index (κ3) is 4.35. The Balaban J connectivity index is 2.50. The lowest BCUT2D eigenvalue weighted by atomic mass is 9.93. The largest absolute Gasteiger partial charge is 0.493 e. The number of aromatic nitrogens is 2. The summed E-state index contributed by atoms with van der Waals surface area (Å²) in [5, 5.41) is 3.45. The first-order valence-corrected chi connectivity index (χ1v) is 9.47. The molecule has 0 bridgehead atoms. The highest BCUT2D eigenvalue weighted by Crippen LogP contribution is 2.34. The van der Waals surface area contributed by atoms with Crippen molar-refractivity contribution in [3.8, 4) is 11.5 Å². The predicted molar refractivity (Wildman–Crippen MR) is 117 cm³/mol. The highest BCUT2D eigenvalue weighted by molar-refractivity contribution is 5.81. The molecule has 2 aromatic rings. The maximum atomic E-state index is 5.49. The molecular weight excluding hydrogens is 350 g/mol. The Morgan fingerprint density at radius 1 is 1.14 bits per heavy atom. The Labute approximate surface area is 168 Å². The quantitative estimate of drug-likeness (QED) is 0.640. The number of pyridine rings is 2. The summed E-state index contributed by atoms with van der Waals surface area (Å²) >= 11 is 0. The molecule has 5 heteroatoms. The van der Waals surface area contributed by atoms with Crippen LogP contribution in [0.2, 0.25) is 0 Å². The minimum Gasteiger partial charge on any atom is -0.493 e. The van der Waals surface area contributed by atoms with Crippen molar-refractivity contribution < 1.29 is 9.47 Å². The highest BCUT2D eigenvalue weighted by atomic mass is 16.5. The van der Waals surface area contributed by atoms with Gasteiger partial charge in [-0.15, -0.1) is 0 Å². The van der Waals surface area contributed by atoms with Crippen molar-refractivity contribution in [1.82, 2.24) is 9.97 Å². The van der Waals surface area contributed by atoms with Crippen LogP contribution in [-0.2, 0) is 6.54 Å². The predicted octanol–water partition coefficient (Wildman–Crippen LogP) is 5.65. The van der Waals surface area contributed by atoms with Gasteiger partial charge in [0.15, 0.2) is 11.5 Å². The van der Waals surface area contributed by atoms with E-state index in [4.69, 9.17) is 14.5 Å². The Hall–Kier alpha value is -2.82. The first-order valence-electron chi connectivity index (χ1n) is 9.47. The number of hydrogen-bond donors (Lipinski definition) is 1. The SMILES string of the molecule is C=C(C)c1cnc(NCc2nccc(OC)c2OC)c(C(C)=C(C)CC)c1C. The molecule has 5 nitrogen and oxygen atoms in total. The molecule has 2 aromatic heterocycles. The van der Waals surface area contributed by atoms with Crippen LogP contribution in [0.25, 0.3) is 11.1 Å². The third-order valence-electron chi connectivity index (χ3n) is 5.13. The average Bonchev–Trinajstić information content (AvgIpc) is 2.70. The molecule has 0 aliphatic heterocycles. The van der Waals surface area contributed by atoms with E-state index in [-0.39, 0.29) is 0 Å². The van der Waals surface area contributed by atoms with E-state index >= 15 is 0 Å². The minimum absolute atomic E-state index is 0.477. The van der Waals surface area contributed by atoms with E-state index in [1.807, 2.05) is 13.1 Å². The van der Waals surface area contributed by atoms with Crippen molar-refractivity contribution >= 4 is 17.0 Å². The smallest absolute Gasteiger partial charge is 0.184 e. The maximum absolute atomic E-state index is 5.49. The fourth-order valence-electron chi connectivity index (χ4n) is 3.25. The zero-order valence-electron chi connectivity index (χ0n) is 18.1. The van der Waals surface area contributed by atoms with Gasteiger partial charge >= 0.3 is 0 Å². The van der Waals surface area contributed by atoms with Gasteiger partial charge in [0.1, 0.15) is 11.5 Å². The molecule has 1 N–H and O–H groups in total. The molecule has 2 rings (SSSR count). The molecule has 0 amide bonds. The van der Waals surface area contributed by atoms with Gasteiger partial charge in [0.05, 0.1) is 20.8 Å². The summed E-state index contributed by atoms with van der Waals surface area (Å²) in [5.74, 6) is 2.13. The lowest BCUT2D eigenvalue weighted by Gasteiger charge is -2.19. The van der Waals surface area contributed by atoms with Crippen molar-refractivity contribution in [2.45, 2.75) is 47.6 Å². The van der Waals surface area contributed by atoms with Crippen LogP contribution in [0.1, 0.15) is 56.5 Å². The molecule has 0 fully saturated rings. The molecule has 0 aliphatic rings. The molecule has 0 spiro atoms. The summed E-state index contributed by atoms with van der Waals surface area (Å²) in [6.45, 7) is 15.2. The molecule has 0 radical (unpaired) electrons. The molecule has 0 unspecified atom stereocenters. The van der Waals surface area contributed by atoms with E-state index in [1.165, 1.54) is 16.7 Å². The second kappa shape index (κ2) is 9.40. The Bertz CT molecular complexity index is 901. The number of hydrogen-bond acceptors (Lipinski definition) is 5. The van der Waals surface area contributed by atoms with Gasteiger partial charge in [0.25, 0.3) is 0 Å². The van der Waals surface area contributed by atoms with E-state index in [2.05, 4.69) is 44.6 Å². The van der Waals surface area contributed by atoms with Crippen LogP contribution in [0.4, 0.5) is 5.82 Å². The summed E-state index contributed by atoms with van der Waals surface area (Å²) in [6, 6.07) is 1.79. The zero-order valence-corrected chi connectivity index (χ0v) is 18.1. The van der Waals surface area contributed by atoms with Gasteiger partial charge in [-0.1, -0.05) is 19.1 Å². The molecule has 2 heterocycles. The summed E-state index contributed by atoms with van der Waals surface area (Å²) in [4.78, 5) is 9.15. The van der Waals surface area contributed by atoms with Gasteiger partial charge in [0, 0.05) is 24.0 Å². The normalized spacial score (nSPS) is 11.7. The van der Waals surface area contributed by atoms with Crippen molar-refractivity contribution in [1.29, 1.82) is 0 Å². The van der Waals surface area contributed by atoms with Crippen LogP contribution in [-0.4, -0.2) is 24.2 Å². The van der Waals surface area contributed by atoms with E-state index in [1.54, 1.807) is 26.5 Å². The van der Waals surface area contributed by atoms with Crippen LogP contribution in [0.5, 0.6) is 11.5 Å². The summed E-state index contributed by atoms with van der Waals surface area (Å²) in [5.41, 5.74) is 7.75. The van der Waals surface area contributed by atoms with E-state index < -0.39 is 0 Å². The molecular formula is C23H31N3O2. The second-order valence-corrected chi connectivity index (χ2v) is 6.91. The average molecular weight is 382 g/mol. The number of nitrogens with one attached hydrogen (secondary N) is 1. The maximum Gasteiger partial charge on any atom is 0.184 e. The van der Waals surface area contributed by atoms with E-state index in [0.29, 0.717) is 18.0 Å². The summed E-state index contributed by atoms with van der Waals surface area (Å²) < 4.78 is 10.9. The molecule has 0 atom stereocenters. The van der Waals surface area contributed by atoms with Gasteiger partial charge in [-0.25, -0.2) is 4.98 Å². The summed E-state index contributed by atoms with van der Waals surface area (Å²) in [6.07, 6.45) is 4.59. The zero-order chi connectivity index (χ0) is 20.8. The molecule has 0 aliphatic carbocycles. The van der Waals surface area contributed by atoms with Gasteiger partial charge in [-0.3, -0.25) is 4.98 Å². The van der Waals surface area contributed by atoms with Crippen LogP contribution in [0, 0.1) is 6.92 Å². The number of rotatable bonds is 8. The fraction of sp³-hybridized carbons (Fsp3) is 0.391. The van der Waals surface area contributed by atoms with Crippen molar-refractivity contribution in [2.75, 3.05) is 19.5 Å². The van der Waals surface area contributed by atoms with Gasteiger partial charge in [-0.2, -0.15) is 0 Å². The monoisotopic (exact) mass is 381 g/mol. The van der Waals surface area contributed by atoms with Crippen molar-refractivity contribution in [3.05, 3.63) is 53.0 Å². The van der Waals surface area contributed by atoms with Gasteiger partial charge < -0.3 is 14.8 Å².